The Labute approximate surface area is 144 Å². The van der Waals surface area contributed by atoms with Crippen LogP contribution in [0.1, 0.15) is 12.0 Å². The smallest absolute Gasteiger partial charge is 0.133 e. The minimum absolute atomic E-state index is 0.657. The van der Waals surface area contributed by atoms with E-state index in [1.165, 1.54) is 0 Å². The normalized spacial score (nSPS) is 14.9. The molecule has 0 saturated carbocycles. The van der Waals surface area contributed by atoms with E-state index in [2.05, 4.69) is 23.9 Å². The lowest BCUT2D eigenvalue weighted by Gasteiger charge is -2.30. The fourth-order valence-corrected chi connectivity index (χ4v) is 2.78. The largest absolute Gasteiger partial charge is 0.497 e. The average Bonchev–Trinajstić information content (AvgIpc) is 2.58. The van der Waals surface area contributed by atoms with Gasteiger partial charge in [-0.25, -0.2) is 0 Å². The third-order valence-electron chi connectivity index (χ3n) is 3.72. The standard InChI is InChI=1S/C17H26N2O3S/c1-18(2)7-4-10-22-16-13-14(20-3)5-6-15(16)17(23)19-8-11-21-12-9-19/h5-6,13H,4,7-12H2,1-3H3. The van der Waals surface area contributed by atoms with E-state index in [9.17, 15) is 0 Å². The lowest BCUT2D eigenvalue weighted by atomic mass is 10.1. The Morgan fingerprint density at radius 1 is 1.30 bits per heavy atom. The first kappa shape index (κ1) is 18.0. The van der Waals surface area contributed by atoms with Crippen LogP contribution in [0.2, 0.25) is 0 Å². The summed E-state index contributed by atoms with van der Waals surface area (Å²) >= 11 is 5.67. The molecule has 5 nitrogen and oxygen atoms in total. The van der Waals surface area contributed by atoms with Gasteiger partial charge in [0.05, 0.1) is 32.5 Å². The van der Waals surface area contributed by atoms with Crippen molar-refractivity contribution >= 4 is 17.2 Å². The van der Waals surface area contributed by atoms with Gasteiger partial charge in [-0.3, -0.25) is 0 Å². The molecule has 6 heteroatoms. The maximum Gasteiger partial charge on any atom is 0.133 e. The topological polar surface area (TPSA) is 34.2 Å². The molecular formula is C17H26N2O3S. The lowest BCUT2D eigenvalue weighted by Crippen LogP contribution is -2.40. The van der Waals surface area contributed by atoms with Crippen molar-refractivity contribution in [2.75, 3.05) is 60.7 Å². The highest BCUT2D eigenvalue weighted by Crippen LogP contribution is 2.27. The zero-order valence-electron chi connectivity index (χ0n) is 14.2. The van der Waals surface area contributed by atoms with Crippen molar-refractivity contribution in [3.05, 3.63) is 23.8 Å². The van der Waals surface area contributed by atoms with Gasteiger partial charge >= 0.3 is 0 Å². The van der Waals surface area contributed by atoms with Crippen LogP contribution in [0.4, 0.5) is 0 Å². The number of rotatable bonds is 7. The first-order valence-corrected chi connectivity index (χ1v) is 8.35. The number of nitrogens with zero attached hydrogens (tertiary/aromatic N) is 2. The molecule has 2 rings (SSSR count). The summed E-state index contributed by atoms with van der Waals surface area (Å²) in [6.07, 6.45) is 0.966. The van der Waals surface area contributed by atoms with E-state index in [0.29, 0.717) is 6.61 Å². The summed E-state index contributed by atoms with van der Waals surface area (Å²) in [5.41, 5.74) is 0.951. The Hall–Kier alpha value is -1.37. The third-order valence-corrected chi connectivity index (χ3v) is 4.20. The molecule has 1 saturated heterocycles. The molecule has 1 aromatic carbocycles. The van der Waals surface area contributed by atoms with E-state index in [1.54, 1.807) is 7.11 Å². The van der Waals surface area contributed by atoms with Gasteiger partial charge in [-0.2, -0.15) is 0 Å². The number of morpholine rings is 1. The Bertz CT molecular complexity index is 517. The summed E-state index contributed by atoms with van der Waals surface area (Å²) in [7, 11) is 5.78. The van der Waals surface area contributed by atoms with E-state index >= 15 is 0 Å². The lowest BCUT2D eigenvalue weighted by molar-refractivity contribution is 0.0692. The first-order valence-electron chi connectivity index (χ1n) is 7.94. The Morgan fingerprint density at radius 2 is 2.04 bits per heavy atom. The third kappa shape index (κ3) is 5.34. The van der Waals surface area contributed by atoms with Gasteiger partial charge in [0.25, 0.3) is 0 Å². The average molecular weight is 338 g/mol. The predicted octanol–water partition coefficient (Wildman–Crippen LogP) is 2.03. The summed E-state index contributed by atoms with van der Waals surface area (Å²) in [4.78, 5) is 5.14. The van der Waals surface area contributed by atoms with Crippen LogP contribution in [-0.4, -0.2) is 75.4 Å². The molecule has 1 aliphatic rings. The summed E-state index contributed by atoms with van der Waals surface area (Å²) < 4.78 is 16.7. The van der Waals surface area contributed by atoms with Crippen molar-refractivity contribution < 1.29 is 14.2 Å². The van der Waals surface area contributed by atoms with E-state index < -0.39 is 0 Å². The van der Waals surface area contributed by atoms with Crippen molar-refractivity contribution in [1.29, 1.82) is 0 Å². The quantitative estimate of drug-likeness (QED) is 0.559. The summed E-state index contributed by atoms with van der Waals surface area (Å²) in [6.45, 7) is 4.73. The van der Waals surface area contributed by atoms with Crippen LogP contribution in [0.3, 0.4) is 0 Å². The zero-order valence-corrected chi connectivity index (χ0v) is 15.0. The van der Waals surface area contributed by atoms with Gasteiger partial charge in [-0.15, -0.1) is 0 Å². The fraction of sp³-hybridized carbons (Fsp3) is 0.588. The van der Waals surface area contributed by atoms with Gasteiger partial charge in [0.2, 0.25) is 0 Å². The highest BCUT2D eigenvalue weighted by atomic mass is 32.1. The molecule has 0 radical (unpaired) electrons. The monoisotopic (exact) mass is 338 g/mol. The van der Waals surface area contributed by atoms with Gasteiger partial charge in [0.1, 0.15) is 16.5 Å². The molecule has 1 fully saturated rings. The number of ether oxygens (including phenoxy) is 3. The molecule has 128 valence electrons. The Morgan fingerprint density at radius 3 is 2.70 bits per heavy atom. The molecule has 0 aromatic heterocycles. The SMILES string of the molecule is COc1ccc(C(=S)N2CCOCC2)c(OCCCN(C)C)c1. The fourth-order valence-electron chi connectivity index (χ4n) is 2.43. The highest BCUT2D eigenvalue weighted by Gasteiger charge is 2.19. The molecule has 0 bridgehead atoms. The second-order valence-corrected chi connectivity index (χ2v) is 6.16. The molecule has 0 atom stereocenters. The van der Waals surface area contributed by atoms with Gasteiger partial charge in [0, 0.05) is 25.7 Å². The van der Waals surface area contributed by atoms with Crippen LogP contribution in [0, 0.1) is 0 Å². The Kier molecular flexibility index (Phi) is 7.08. The van der Waals surface area contributed by atoms with E-state index in [1.807, 2.05) is 18.2 Å². The summed E-state index contributed by atoms with van der Waals surface area (Å²) in [6, 6.07) is 5.82. The van der Waals surface area contributed by atoms with Crippen LogP contribution >= 0.6 is 12.2 Å². The number of thiocarbonyl (C=S) groups is 1. The number of hydrogen-bond acceptors (Lipinski definition) is 5. The van der Waals surface area contributed by atoms with Crippen molar-refractivity contribution in [2.45, 2.75) is 6.42 Å². The molecule has 0 spiro atoms. The summed E-state index contributed by atoms with van der Waals surface area (Å²) in [5, 5.41) is 0. The second-order valence-electron chi connectivity index (χ2n) is 5.77. The van der Waals surface area contributed by atoms with Crippen LogP contribution < -0.4 is 9.47 Å². The highest BCUT2D eigenvalue weighted by molar-refractivity contribution is 7.80. The van der Waals surface area contributed by atoms with Gasteiger partial charge < -0.3 is 24.0 Å². The molecule has 1 heterocycles. The second kappa shape index (κ2) is 9.05. The Balaban J connectivity index is 2.08. The van der Waals surface area contributed by atoms with Crippen molar-refractivity contribution in [3.63, 3.8) is 0 Å². The van der Waals surface area contributed by atoms with E-state index in [-0.39, 0.29) is 0 Å². The van der Waals surface area contributed by atoms with Crippen LogP contribution in [0.5, 0.6) is 11.5 Å². The maximum atomic E-state index is 5.99. The minimum atomic E-state index is 0.657. The number of benzene rings is 1. The predicted molar refractivity (Wildman–Crippen MR) is 95.8 cm³/mol. The van der Waals surface area contributed by atoms with Gasteiger partial charge in [0.15, 0.2) is 0 Å². The molecule has 0 aliphatic carbocycles. The maximum absolute atomic E-state index is 5.99. The van der Waals surface area contributed by atoms with E-state index in [0.717, 1.165) is 61.3 Å². The molecule has 0 amide bonds. The minimum Gasteiger partial charge on any atom is -0.497 e. The van der Waals surface area contributed by atoms with Crippen LogP contribution in [-0.2, 0) is 4.74 Å². The van der Waals surface area contributed by atoms with Crippen LogP contribution in [0.25, 0.3) is 0 Å². The molecule has 1 aliphatic heterocycles. The summed E-state index contributed by atoms with van der Waals surface area (Å²) in [5.74, 6) is 1.57. The first-order chi connectivity index (χ1) is 11.1. The van der Waals surface area contributed by atoms with Gasteiger partial charge in [-0.05, 0) is 32.6 Å². The number of hydrogen-bond donors (Lipinski definition) is 0. The molecule has 23 heavy (non-hydrogen) atoms. The van der Waals surface area contributed by atoms with E-state index in [4.69, 9.17) is 26.4 Å². The van der Waals surface area contributed by atoms with Crippen molar-refractivity contribution in [2.24, 2.45) is 0 Å². The molecule has 0 unspecified atom stereocenters. The van der Waals surface area contributed by atoms with Crippen LogP contribution in [0.15, 0.2) is 18.2 Å². The molecule has 0 N–H and O–H groups in total. The van der Waals surface area contributed by atoms with Crippen molar-refractivity contribution in [3.8, 4) is 11.5 Å². The molecule has 1 aromatic rings. The molecular weight excluding hydrogens is 312 g/mol. The number of methoxy groups -OCH3 is 1. The zero-order chi connectivity index (χ0) is 16.7. The van der Waals surface area contributed by atoms with Gasteiger partial charge in [-0.1, -0.05) is 12.2 Å². The van der Waals surface area contributed by atoms with Crippen molar-refractivity contribution in [1.82, 2.24) is 9.80 Å².